The Morgan fingerprint density at radius 1 is 1.39 bits per heavy atom. The Hall–Kier alpha value is -1.49. The molecule has 1 saturated carbocycles. The molecule has 1 aliphatic carbocycles. The number of halogens is 1. The summed E-state index contributed by atoms with van der Waals surface area (Å²) < 4.78 is 6.77. The second-order valence-electron chi connectivity index (χ2n) is 4.63. The third-order valence-electron chi connectivity index (χ3n) is 3.03. The minimum absolute atomic E-state index is 0.571. The molecule has 94 valence electrons. The van der Waals surface area contributed by atoms with E-state index in [0.717, 1.165) is 33.9 Å². The minimum atomic E-state index is 0.571. The first-order valence-corrected chi connectivity index (χ1v) is 6.74. The lowest BCUT2D eigenvalue weighted by Gasteiger charge is -2.08. The van der Waals surface area contributed by atoms with E-state index in [1.165, 1.54) is 12.8 Å². The largest absolute Gasteiger partial charge is 0.493 e. The predicted octanol–water partition coefficient (Wildman–Crippen LogP) is 3.21. The van der Waals surface area contributed by atoms with E-state index >= 15 is 0 Å². The molecule has 1 aliphatic rings. The molecule has 0 radical (unpaired) electrons. The van der Waals surface area contributed by atoms with Gasteiger partial charge in [0.05, 0.1) is 12.8 Å². The molecule has 1 heterocycles. The Morgan fingerprint density at radius 3 is 2.89 bits per heavy atom. The molecule has 3 N–H and O–H groups in total. The summed E-state index contributed by atoms with van der Waals surface area (Å²) >= 11 is 3.49. The standard InChI is InChI=1S/C13H14BrN3O/c14-10-3-9(12-6-16-17-13(12)15)4-11(5-10)18-7-8-1-2-8/h3-6,8H,1-2,7H2,(H3,15,16,17). The first-order chi connectivity index (χ1) is 8.72. The average Bonchev–Trinajstić information content (AvgIpc) is 3.07. The maximum atomic E-state index is 5.83. The van der Waals surface area contributed by atoms with Crippen LogP contribution in [0.15, 0.2) is 28.9 Å². The third kappa shape index (κ3) is 2.51. The molecule has 18 heavy (non-hydrogen) atoms. The van der Waals surface area contributed by atoms with Crippen molar-refractivity contribution >= 4 is 21.7 Å². The molecule has 0 saturated heterocycles. The number of nitrogens with one attached hydrogen (secondary N) is 1. The van der Waals surface area contributed by atoms with E-state index in [2.05, 4.69) is 26.1 Å². The number of nitrogens with two attached hydrogens (primary N) is 1. The maximum absolute atomic E-state index is 5.83. The fourth-order valence-corrected chi connectivity index (χ4v) is 2.30. The van der Waals surface area contributed by atoms with Gasteiger partial charge in [0.1, 0.15) is 11.6 Å². The van der Waals surface area contributed by atoms with Crippen molar-refractivity contribution in [3.8, 4) is 16.9 Å². The van der Waals surface area contributed by atoms with Gasteiger partial charge in [-0.2, -0.15) is 5.10 Å². The van der Waals surface area contributed by atoms with Crippen LogP contribution in [0.3, 0.4) is 0 Å². The first kappa shape index (κ1) is 11.6. The molecule has 0 amide bonds. The molecule has 3 rings (SSSR count). The van der Waals surface area contributed by atoms with Crippen molar-refractivity contribution in [2.45, 2.75) is 12.8 Å². The Labute approximate surface area is 114 Å². The van der Waals surface area contributed by atoms with E-state index in [4.69, 9.17) is 10.5 Å². The van der Waals surface area contributed by atoms with E-state index in [1.807, 2.05) is 18.2 Å². The molecule has 0 atom stereocenters. The van der Waals surface area contributed by atoms with Gasteiger partial charge in [0.15, 0.2) is 0 Å². The number of aromatic amines is 1. The summed E-state index contributed by atoms with van der Waals surface area (Å²) in [7, 11) is 0. The van der Waals surface area contributed by atoms with Crippen molar-refractivity contribution in [3.05, 3.63) is 28.9 Å². The molecule has 0 bridgehead atoms. The van der Waals surface area contributed by atoms with Crippen molar-refractivity contribution in [1.29, 1.82) is 0 Å². The van der Waals surface area contributed by atoms with Gasteiger partial charge in [-0.05, 0) is 42.5 Å². The smallest absolute Gasteiger partial charge is 0.126 e. The lowest BCUT2D eigenvalue weighted by molar-refractivity contribution is 0.300. The lowest BCUT2D eigenvalue weighted by atomic mass is 10.1. The lowest BCUT2D eigenvalue weighted by Crippen LogP contribution is -1.99. The van der Waals surface area contributed by atoms with Crippen molar-refractivity contribution < 1.29 is 4.74 Å². The molecular formula is C13H14BrN3O. The van der Waals surface area contributed by atoms with E-state index in [0.29, 0.717) is 5.82 Å². The second-order valence-corrected chi connectivity index (χ2v) is 5.54. The van der Waals surface area contributed by atoms with Gasteiger partial charge in [-0.1, -0.05) is 15.9 Å². The van der Waals surface area contributed by atoms with Crippen molar-refractivity contribution in [2.24, 2.45) is 5.92 Å². The molecule has 0 spiro atoms. The Balaban J connectivity index is 1.87. The van der Waals surface area contributed by atoms with Crippen LogP contribution in [-0.4, -0.2) is 16.8 Å². The van der Waals surface area contributed by atoms with Crippen LogP contribution in [0.2, 0.25) is 0 Å². The summed E-state index contributed by atoms with van der Waals surface area (Å²) in [5, 5.41) is 6.67. The van der Waals surface area contributed by atoms with Gasteiger partial charge in [0.25, 0.3) is 0 Å². The zero-order chi connectivity index (χ0) is 12.5. The fourth-order valence-electron chi connectivity index (χ4n) is 1.83. The number of hydrogen-bond acceptors (Lipinski definition) is 3. The quantitative estimate of drug-likeness (QED) is 0.911. The summed E-state index contributed by atoms with van der Waals surface area (Å²) in [6.07, 6.45) is 4.30. The number of ether oxygens (including phenoxy) is 1. The van der Waals surface area contributed by atoms with Gasteiger partial charge < -0.3 is 10.5 Å². The van der Waals surface area contributed by atoms with Gasteiger partial charge in [0, 0.05) is 10.0 Å². The number of rotatable bonds is 4. The Morgan fingerprint density at radius 2 is 2.22 bits per heavy atom. The number of aromatic nitrogens is 2. The van der Waals surface area contributed by atoms with E-state index in [9.17, 15) is 0 Å². The van der Waals surface area contributed by atoms with E-state index in [-0.39, 0.29) is 0 Å². The Bertz CT molecular complexity index is 563. The average molecular weight is 308 g/mol. The van der Waals surface area contributed by atoms with Crippen LogP contribution in [0.5, 0.6) is 5.75 Å². The predicted molar refractivity (Wildman–Crippen MR) is 74.4 cm³/mol. The number of hydrogen-bond donors (Lipinski definition) is 2. The van der Waals surface area contributed by atoms with Crippen LogP contribution in [0.1, 0.15) is 12.8 Å². The zero-order valence-electron chi connectivity index (χ0n) is 9.82. The first-order valence-electron chi connectivity index (χ1n) is 5.95. The Kier molecular flexibility index (Phi) is 2.99. The minimum Gasteiger partial charge on any atom is -0.493 e. The van der Waals surface area contributed by atoms with E-state index < -0.39 is 0 Å². The van der Waals surface area contributed by atoms with Gasteiger partial charge in [-0.3, -0.25) is 5.10 Å². The van der Waals surface area contributed by atoms with Crippen molar-refractivity contribution in [1.82, 2.24) is 10.2 Å². The SMILES string of the molecule is Nc1[nH]ncc1-c1cc(Br)cc(OCC2CC2)c1. The fraction of sp³-hybridized carbons (Fsp3) is 0.308. The van der Waals surface area contributed by atoms with Crippen molar-refractivity contribution in [2.75, 3.05) is 12.3 Å². The summed E-state index contributed by atoms with van der Waals surface area (Å²) in [6.45, 7) is 0.802. The maximum Gasteiger partial charge on any atom is 0.126 e. The van der Waals surface area contributed by atoms with Crippen LogP contribution < -0.4 is 10.5 Å². The highest BCUT2D eigenvalue weighted by molar-refractivity contribution is 9.10. The van der Waals surface area contributed by atoms with Crippen molar-refractivity contribution in [3.63, 3.8) is 0 Å². The van der Waals surface area contributed by atoms with Crippen LogP contribution >= 0.6 is 15.9 Å². The topological polar surface area (TPSA) is 63.9 Å². The molecule has 2 aromatic rings. The van der Waals surface area contributed by atoms with Crippen LogP contribution in [0.25, 0.3) is 11.1 Å². The summed E-state index contributed by atoms with van der Waals surface area (Å²) in [4.78, 5) is 0. The molecule has 0 aliphatic heterocycles. The summed E-state index contributed by atoms with van der Waals surface area (Å²) in [5.74, 6) is 2.18. The van der Waals surface area contributed by atoms with Crippen LogP contribution in [0.4, 0.5) is 5.82 Å². The van der Waals surface area contributed by atoms with Crippen LogP contribution in [0, 0.1) is 5.92 Å². The van der Waals surface area contributed by atoms with Gasteiger partial charge in [-0.25, -0.2) is 0 Å². The summed E-state index contributed by atoms with van der Waals surface area (Å²) in [5.41, 5.74) is 7.73. The highest BCUT2D eigenvalue weighted by Crippen LogP contribution is 2.33. The van der Waals surface area contributed by atoms with Gasteiger partial charge in [-0.15, -0.1) is 0 Å². The number of benzene rings is 1. The zero-order valence-corrected chi connectivity index (χ0v) is 11.4. The van der Waals surface area contributed by atoms with E-state index in [1.54, 1.807) is 6.20 Å². The monoisotopic (exact) mass is 307 g/mol. The summed E-state index contributed by atoms with van der Waals surface area (Å²) in [6, 6.07) is 5.97. The van der Waals surface area contributed by atoms with Crippen LogP contribution in [-0.2, 0) is 0 Å². The number of nitrogens with zero attached hydrogens (tertiary/aromatic N) is 1. The molecule has 1 aromatic heterocycles. The molecule has 4 nitrogen and oxygen atoms in total. The third-order valence-corrected chi connectivity index (χ3v) is 3.49. The highest BCUT2D eigenvalue weighted by Gasteiger charge is 2.22. The number of nitrogen functional groups attached to an aromatic ring is 1. The molecule has 1 fully saturated rings. The van der Waals surface area contributed by atoms with Gasteiger partial charge >= 0.3 is 0 Å². The second kappa shape index (κ2) is 4.65. The molecule has 1 aromatic carbocycles. The van der Waals surface area contributed by atoms with Gasteiger partial charge in [0.2, 0.25) is 0 Å². The highest BCUT2D eigenvalue weighted by atomic mass is 79.9. The normalized spacial score (nSPS) is 14.7. The number of H-pyrrole nitrogens is 1. The molecular weight excluding hydrogens is 294 g/mol. The molecule has 0 unspecified atom stereocenters. The molecule has 5 heteroatoms. The number of anilines is 1.